The van der Waals surface area contributed by atoms with Gasteiger partial charge in [0.05, 0.1) is 69.0 Å². The number of amidine groups is 1. The van der Waals surface area contributed by atoms with Crippen molar-refractivity contribution in [3.05, 3.63) is 153 Å². The Bertz CT molecular complexity index is 4400. The molecule has 1 fully saturated rings. The Morgan fingerprint density at radius 3 is 1.96 bits per heavy atom. The number of nitrogens with two attached hydrogens (primary N) is 1. The number of halogens is 6. The summed E-state index contributed by atoms with van der Waals surface area (Å²) in [6.07, 6.45) is 10.8. The van der Waals surface area contributed by atoms with Gasteiger partial charge in [0.2, 0.25) is 6.04 Å². The number of aromatic hydroxyl groups is 1. The van der Waals surface area contributed by atoms with Crippen molar-refractivity contribution >= 4 is 159 Å². The minimum absolute atomic E-state index is 0.0241. The Labute approximate surface area is 605 Å². The van der Waals surface area contributed by atoms with Crippen LogP contribution in [-0.4, -0.2) is 78.9 Å². The van der Waals surface area contributed by atoms with Crippen LogP contribution in [0, 0.1) is 13.8 Å². The molecule has 8 rings (SSSR count). The topological polar surface area (TPSA) is 356 Å². The highest BCUT2D eigenvalue weighted by Crippen LogP contribution is 2.40. The first kappa shape index (κ1) is 79.5. The molecule has 1 aliphatic heterocycles. The lowest BCUT2D eigenvalue weighted by Crippen LogP contribution is -2.36. The van der Waals surface area contributed by atoms with Crippen LogP contribution in [0.4, 0.5) is 48.2 Å². The van der Waals surface area contributed by atoms with Gasteiger partial charge in [-0.25, -0.2) is 10.0 Å². The van der Waals surface area contributed by atoms with Crippen LogP contribution in [0.25, 0.3) is 0 Å². The van der Waals surface area contributed by atoms with E-state index >= 15 is 0 Å². The molecular weight excluding hydrogens is 1490 g/mol. The zero-order valence-electron chi connectivity index (χ0n) is 53.7. The number of amides is 2. The number of hydrogen-bond donors (Lipinski definition) is 7. The lowest BCUT2D eigenvalue weighted by Gasteiger charge is -2.20. The van der Waals surface area contributed by atoms with Gasteiger partial charge in [0, 0.05) is 33.4 Å². The molecule has 8 N–H and O–H groups in total. The Hall–Kier alpha value is -7.80. The van der Waals surface area contributed by atoms with Gasteiger partial charge in [-0.15, -0.1) is 8.22 Å². The fraction of sp³-hybridized carbons (Fsp3) is 0.286. The minimum Gasteiger partial charge on any atom is -0.508 e. The van der Waals surface area contributed by atoms with Crippen LogP contribution in [-0.2, 0) is 61.9 Å². The summed E-state index contributed by atoms with van der Waals surface area (Å²) in [7, 11) is -6.96. The predicted molar refractivity (Wildman–Crippen MR) is 381 cm³/mol. The maximum absolute atomic E-state index is 14.3. The summed E-state index contributed by atoms with van der Waals surface area (Å²) in [5, 5.41) is 26.1. The van der Waals surface area contributed by atoms with Crippen molar-refractivity contribution in [2.45, 2.75) is 118 Å². The number of aryl methyl sites for hydroxylation is 2. The number of hydrazine groups is 1. The van der Waals surface area contributed by atoms with Crippen LogP contribution in [0.1, 0.15) is 88.7 Å². The number of benzene rings is 7. The standard InChI is InChI=1S/C50H55Cl4N7O10S2.C13H12F2N2O7S3/c1-5-6-7-8-9-10-11-12-13-14-15-45(70-35-18-20-43(62)31(3)24-35)49(63)55-33-16-19-38(52)41(27-33)56-48-46(50(64)61(59-48)47-39(53)25-32(51)26-40(47)54)58-57-34-17-21-44(69-4)42(28-34)60-72(65)71-36-22-30(2)23-37(29-36)73(66,67)68;1-21-13-3-2-8(16)4-12(13)17-26(18)22-9-5-10(25-24-23-14)7-11(6-9)27(15,19)20/h16-29,45-46,60,62H,5-15H2,1-4H3,(H,55,63)(H,56,59)(H,66,67,68);2-7,17H,16H2,1H3. The number of ether oxygens (including phenoxy) is 3. The Balaban J connectivity index is 0.000000434. The SMILES string of the molecule is CCCCCCCCCCCCC(Oc1ccc(O)c(C)c1)C(=O)Nc1ccc(Cl)c(N=C2NN(c3c(Cl)cc(Cl)cc3Cl)C(=O)C2N=Nc2ccc(OC)c(NS(=O)Oc3cc(C)cc(S(=O)(=O)O)c3)c2)c1.COc1ccc(N)cc1NS(=O)Oc1cc(SOOF)cc(S(=O)(=O)F)c1. The number of methoxy groups -OCH3 is 2. The molecule has 4 atom stereocenters. The van der Waals surface area contributed by atoms with Crippen molar-refractivity contribution < 1.29 is 84.9 Å². The van der Waals surface area contributed by atoms with Gasteiger partial charge in [-0.1, -0.05) is 111 Å². The summed E-state index contributed by atoms with van der Waals surface area (Å²) in [5.41, 5.74) is 10.9. The van der Waals surface area contributed by atoms with E-state index in [1.54, 1.807) is 38.1 Å². The van der Waals surface area contributed by atoms with E-state index in [0.717, 1.165) is 55.0 Å². The lowest BCUT2D eigenvalue weighted by molar-refractivity contribution is -0.358. The third-order valence-electron chi connectivity index (χ3n) is 14.2. The van der Waals surface area contributed by atoms with E-state index in [-0.39, 0.29) is 94.3 Å². The molecule has 7 aromatic carbocycles. The van der Waals surface area contributed by atoms with E-state index < -0.39 is 76.6 Å². The normalized spacial score (nSPS) is 14.4. The van der Waals surface area contributed by atoms with Crippen molar-refractivity contribution in [3.63, 3.8) is 0 Å². The van der Waals surface area contributed by atoms with Gasteiger partial charge in [0.25, 0.3) is 21.9 Å². The molecule has 26 nitrogen and oxygen atoms in total. The van der Waals surface area contributed by atoms with E-state index in [0.29, 0.717) is 40.4 Å². The molecule has 0 saturated carbocycles. The number of phenolic OH excluding ortho intramolecular Hbond substituents is 1. The first-order chi connectivity index (χ1) is 47.5. The molecule has 2 amide bonds. The molecule has 0 aromatic heterocycles. The molecule has 538 valence electrons. The molecule has 1 saturated heterocycles. The average Bonchev–Trinajstić information content (AvgIpc) is 1.62. The quantitative estimate of drug-likeness (QED) is 0.00288. The van der Waals surface area contributed by atoms with Gasteiger partial charge in [-0.2, -0.15) is 35.5 Å². The number of phenols is 1. The predicted octanol–water partition coefficient (Wildman–Crippen LogP) is 16.2. The molecule has 0 bridgehead atoms. The number of unbranched alkanes of at least 4 members (excludes halogenated alkanes) is 9. The number of rotatable bonds is 34. The number of carbonyl (C=O) groups excluding carboxylic acids is 2. The summed E-state index contributed by atoms with van der Waals surface area (Å²) >= 11 is 21.7. The molecule has 0 aliphatic carbocycles. The van der Waals surface area contributed by atoms with Crippen LogP contribution >= 0.6 is 58.4 Å². The number of aliphatic imine (C=N–C) groups is 1. The average molecular weight is 1560 g/mol. The first-order valence-electron chi connectivity index (χ1n) is 30.0. The van der Waals surface area contributed by atoms with Gasteiger partial charge < -0.3 is 38.7 Å². The number of azo groups is 1. The fourth-order valence-corrected chi connectivity index (χ4v) is 13.5. The summed E-state index contributed by atoms with van der Waals surface area (Å²) in [5.74, 6) is -0.601. The summed E-state index contributed by atoms with van der Waals surface area (Å²) < 4.78 is 142. The molecule has 1 heterocycles. The second kappa shape index (κ2) is 37.7. The van der Waals surface area contributed by atoms with Crippen LogP contribution in [0.2, 0.25) is 20.1 Å². The van der Waals surface area contributed by atoms with Crippen molar-refractivity contribution in [1.29, 1.82) is 0 Å². The summed E-state index contributed by atoms with van der Waals surface area (Å²) in [6.45, 7) is 5.51. The van der Waals surface area contributed by atoms with Crippen LogP contribution in [0.5, 0.6) is 34.5 Å². The molecule has 0 spiro atoms. The highest BCUT2D eigenvalue weighted by atomic mass is 35.5. The van der Waals surface area contributed by atoms with Gasteiger partial charge in [-0.05, 0) is 157 Å². The second-order valence-electron chi connectivity index (χ2n) is 21.7. The van der Waals surface area contributed by atoms with Gasteiger partial charge in [-0.3, -0.25) is 29.0 Å². The van der Waals surface area contributed by atoms with Crippen molar-refractivity contribution in [3.8, 4) is 34.5 Å². The van der Waals surface area contributed by atoms with E-state index in [1.165, 1.54) is 126 Å². The number of nitrogens with zero attached hydrogens (tertiary/aromatic N) is 4. The van der Waals surface area contributed by atoms with E-state index in [1.807, 2.05) is 0 Å². The van der Waals surface area contributed by atoms with E-state index in [9.17, 15) is 52.9 Å². The lowest BCUT2D eigenvalue weighted by atomic mass is 10.0. The molecule has 1 aliphatic rings. The second-order valence-corrected chi connectivity index (χ2v) is 28.6. The van der Waals surface area contributed by atoms with Crippen LogP contribution in [0.3, 0.4) is 0 Å². The number of anilines is 5. The molecule has 100 heavy (non-hydrogen) atoms. The van der Waals surface area contributed by atoms with E-state index in [4.69, 9.17) is 79.7 Å². The fourth-order valence-electron chi connectivity index (χ4n) is 9.44. The maximum atomic E-state index is 14.3. The molecule has 0 radical (unpaired) electrons. The smallest absolute Gasteiger partial charge is 0.332 e. The van der Waals surface area contributed by atoms with Gasteiger partial charge in [0.15, 0.2) is 11.9 Å². The Morgan fingerprint density at radius 1 is 0.740 bits per heavy atom. The molecule has 4 unspecified atom stereocenters. The zero-order chi connectivity index (χ0) is 72.8. The largest absolute Gasteiger partial charge is 0.508 e. The zero-order valence-corrected chi connectivity index (χ0v) is 60.8. The minimum atomic E-state index is -5.12. The number of nitrogen functional groups attached to an aromatic ring is 1. The number of nitrogens with one attached hydrogen (secondary N) is 4. The van der Waals surface area contributed by atoms with Gasteiger partial charge in [0.1, 0.15) is 45.1 Å². The van der Waals surface area contributed by atoms with Gasteiger partial charge >= 0.3 is 32.8 Å². The first-order valence-corrected chi connectivity index (χ1v) is 37.3. The number of hydrogen-bond acceptors (Lipinski definition) is 21. The molecule has 7 aromatic rings. The number of carbonyl (C=O) groups is 2. The Kier molecular flexibility index (Phi) is 30.0. The van der Waals surface area contributed by atoms with Crippen LogP contribution in [0.15, 0.2) is 151 Å². The van der Waals surface area contributed by atoms with Crippen molar-refractivity contribution in [2.75, 3.05) is 39.7 Å². The highest BCUT2D eigenvalue weighted by molar-refractivity contribution is 7.94. The van der Waals surface area contributed by atoms with Crippen LogP contribution < -0.4 is 53.5 Å². The highest BCUT2D eigenvalue weighted by Gasteiger charge is 2.41. The maximum Gasteiger partial charge on any atom is 0.332 e. The molecular formula is C63H67Cl4F2N9O17S5. The third-order valence-corrected chi connectivity index (χ3v) is 19.0. The molecule has 37 heteroatoms. The Morgan fingerprint density at radius 2 is 1.35 bits per heavy atom. The van der Waals surface area contributed by atoms with Crippen molar-refractivity contribution in [2.24, 2.45) is 15.2 Å². The monoisotopic (exact) mass is 1560 g/mol. The summed E-state index contributed by atoms with van der Waals surface area (Å²) in [4.78, 5) is 31.7. The van der Waals surface area contributed by atoms with E-state index in [2.05, 4.69) is 46.8 Å². The third kappa shape index (κ3) is 23.9. The van der Waals surface area contributed by atoms with Crippen molar-refractivity contribution in [1.82, 2.24) is 5.43 Å². The summed E-state index contributed by atoms with van der Waals surface area (Å²) in [6, 6.07) is 26.0.